The Morgan fingerprint density at radius 2 is 2.31 bits per heavy atom. The summed E-state index contributed by atoms with van der Waals surface area (Å²) < 4.78 is 23.2. The monoisotopic (exact) mass is 182 g/mol. The maximum Gasteiger partial charge on any atom is 0.127 e. The molecular weight excluding hydrogens is 171 g/mol. The second kappa shape index (κ2) is 3.34. The van der Waals surface area contributed by atoms with E-state index >= 15 is 0 Å². The number of hydrogen-bond acceptors (Lipinski definition) is 2. The molecule has 2 rings (SSSR count). The van der Waals surface area contributed by atoms with E-state index in [9.17, 15) is 4.39 Å². The SMILES string of the molecule is Cc1cc(F)cc(OCC2CO2)c1. The highest BCUT2D eigenvalue weighted by Crippen LogP contribution is 2.18. The molecule has 1 atom stereocenters. The standard InChI is InChI=1S/C10H11FO2/c1-7-2-8(11)4-9(3-7)12-5-10-6-13-10/h2-4,10H,5-6H2,1H3. The first-order chi connectivity index (χ1) is 6.24. The first-order valence-electron chi connectivity index (χ1n) is 4.25. The third-order valence-corrected chi connectivity index (χ3v) is 1.85. The van der Waals surface area contributed by atoms with E-state index in [0.717, 1.165) is 12.2 Å². The van der Waals surface area contributed by atoms with Gasteiger partial charge in [-0.1, -0.05) is 0 Å². The van der Waals surface area contributed by atoms with Crippen molar-refractivity contribution in [2.75, 3.05) is 13.2 Å². The van der Waals surface area contributed by atoms with E-state index < -0.39 is 0 Å². The van der Waals surface area contributed by atoms with Gasteiger partial charge in [0.15, 0.2) is 0 Å². The Morgan fingerprint density at radius 1 is 1.54 bits per heavy atom. The highest BCUT2D eigenvalue weighted by Gasteiger charge is 2.23. The van der Waals surface area contributed by atoms with Crippen LogP contribution >= 0.6 is 0 Å². The largest absolute Gasteiger partial charge is 0.491 e. The third kappa shape index (κ3) is 2.42. The average molecular weight is 182 g/mol. The molecule has 3 heteroatoms. The van der Waals surface area contributed by atoms with Crippen molar-refractivity contribution in [1.29, 1.82) is 0 Å². The fourth-order valence-electron chi connectivity index (χ4n) is 1.14. The van der Waals surface area contributed by atoms with Crippen molar-refractivity contribution in [3.63, 3.8) is 0 Å². The van der Waals surface area contributed by atoms with Crippen LogP contribution in [0, 0.1) is 12.7 Å². The van der Waals surface area contributed by atoms with Crippen LogP contribution in [0.3, 0.4) is 0 Å². The molecule has 1 unspecified atom stereocenters. The van der Waals surface area contributed by atoms with Gasteiger partial charge in [-0.25, -0.2) is 4.39 Å². The summed E-state index contributed by atoms with van der Waals surface area (Å²) >= 11 is 0. The number of rotatable bonds is 3. The molecule has 0 bridgehead atoms. The number of halogens is 1. The number of aryl methyl sites for hydroxylation is 1. The van der Waals surface area contributed by atoms with Crippen LogP contribution in [0.5, 0.6) is 5.75 Å². The van der Waals surface area contributed by atoms with Crippen LogP contribution in [0.15, 0.2) is 18.2 Å². The second-order valence-corrected chi connectivity index (χ2v) is 3.23. The predicted molar refractivity (Wildman–Crippen MR) is 46.4 cm³/mol. The molecule has 0 radical (unpaired) electrons. The Labute approximate surface area is 76.3 Å². The molecule has 0 N–H and O–H groups in total. The smallest absolute Gasteiger partial charge is 0.127 e. The van der Waals surface area contributed by atoms with Crippen molar-refractivity contribution in [1.82, 2.24) is 0 Å². The topological polar surface area (TPSA) is 21.8 Å². The second-order valence-electron chi connectivity index (χ2n) is 3.23. The maximum atomic E-state index is 12.9. The van der Waals surface area contributed by atoms with E-state index in [4.69, 9.17) is 9.47 Å². The fraction of sp³-hybridized carbons (Fsp3) is 0.400. The summed E-state index contributed by atoms with van der Waals surface area (Å²) in [6, 6.07) is 4.67. The molecule has 0 aromatic heterocycles. The average Bonchev–Trinajstić information content (AvgIpc) is 2.81. The van der Waals surface area contributed by atoms with Gasteiger partial charge in [0.1, 0.15) is 24.3 Å². The summed E-state index contributed by atoms with van der Waals surface area (Å²) in [5, 5.41) is 0. The fourth-order valence-corrected chi connectivity index (χ4v) is 1.14. The summed E-state index contributed by atoms with van der Waals surface area (Å²) in [6.07, 6.45) is 0.212. The summed E-state index contributed by atoms with van der Waals surface area (Å²) in [6.45, 7) is 3.11. The van der Waals surface area contributed by atoms with Crippen molar-refractivity contribution in [2.45, 2.75) is 13.0 Å². The van der Waals surface area contributed by atoms with E-state index in [1.807, 2.05) is 13.0 Å². The van der Waals surface area contributed by atoms with E-state index in [0.29, 0.717) is 12.4 Å². The van der Waals surface area contributed by atoms with Gasteiger partial charge in [-0.15, -0.1) is 0 Å². The molecule has 0 saturated carbocycles. The normalized spacial score (nSPS) is 20.0. The number of benzene rings is 1. The van der Waals surface area contributed by atoms with Gasteiger partial charge in [-0.05, 0) is 24.6 Å². The molecule has 13 heavy (non-hydrogen) atoms. The molecule has 1 fully saturated rings. The molecule has 0 spiro atoms. The highest BCUT2D eigenvalue weighted by atomic mass is 19.1. The minimum atomic E-state index is -0.258. The predicted octanol–water partition coefficient (Wildman–Crippen LogP) is 1.91. The Morgan fingerprint density at radius 3 is 2.92 bits per heavy atom. The first-order valence-corrected chi connectivity index (χ1v) is 4.25. The van der Waals surface area contributed by atoms with Gasteiger partial charge < -0.3 is 9.47 Å². The maximum absolute atomic E-state index is 12.9. The summed E-state index contributed by atoms with van der Waals surface area (Å²) in [5.74, 6) is 0.319. The molecule has 1 aromatic rings. The van der Waals surface area contributed by atoms with Crippen LogP contribution in [0.2, 0.25) is 0 Å². The van der Waals surface area contributed by atoms with Crippen molar-refractivity contribution < 1.29 is 13.9 Å². The van der Waals surface area contributed by atoms with E-state index in [1.165, 1.54) is 12.1 Å². The minimum Gasteiger partial charge on any atom is -0.491 e. The first kappa shape index (κ1) is 8.51. The van der Waals surface area contributed by atoms with Crippen molar-refractivity contribution in [3.8, 4) is 5.75 Å². The van der Waals surface area contributed by atoms with Gasteiger partial charge >= 0.3 is 0 Å². The molecule has 2 nitrogen and oxygen atoms in total. The van der Waals surface area contributed by atoms with Gasteiger partial charge in [0.05, 0.1) is 6.61 Å². The molecule has 0 aliphatic carbocycles. The molecule has 1 heterocycles. The van der Waals surface area contributed by atoms with Crippen LogP contribution in [-0.2, 0) is 4.74 Å². The van der Waals surface area contributed by atoms with Crippen LogP contribution in [0.1, 0.15) is 5.56 Å². The highest BCUT2D eigenvalue weighted by molar-refractivity contribution is 5.28. The lowest BCUT2D eigenvalue weighted by molar-refractivity contribution is 0.262. The molecule has 1 aliphatic rings. The lowest BCUT2D eigenvalue weighted by Crippen LogP contribution is -2.04. The van der Waals surface area contributed by atoms with Crippen molar-refractivity contribution >= 4 is 0 Å². The molecule has 1 aromatic carbocycles. The van der Waals surface area contributed by atoms with E-state index in [1.54, 1.807) is 0 Å². The van der Waals surface area contributed by atoms with E-state index in [2.05, 4.69) is 0 Å². The van der Waals surface area contributed by atoms with Gasteiger partial charge in [-0.2, -0.15) is 0 Å². The Hall–Kier alpha value is -1.09. The van der Waals surface area contributed by atoms with Crippen molar-refractivity contribution in [3.05, 3.63) is 29.6 Å². The van der Waals surface area contributed by atoms with Gasteiger partial charge in [0.2, 0.25) is 0 Å². The molecule has 1 aliphatic heterocycles. The summed E-state index contributed by atoms with van der Waals surface area (Å²) in [4.78, 5) is 0. The zero-order chi connectivity index (χ0) is 9.26. The quantitative estimate of drug-likeness (QED) is 0.666. The minimum absolute atomic E-state index is 0.212. The van der Waals surface area contributed by atoms with Crippen LogP contribution in [0.4, 0.5) is 4.39 Å². The van der Waals surface area contributed by atoms with Crippen LogP contribution < -0.4 is 4.74 Å². The Kier molecular flexibility index (Phi) is 2.19. The van der Waals surface area contributed by atoms with Crippen LogP contribution in [0.25, 0.3) is 0 Å². The molecule has 1 saturated heterocycles. The molecule has 0 amide bonds. The number of ether oxygens (including phenoxy) is 2. The zero-order valence-corrected chi connectivity index (χ0v) is 7.42. The van der Waals surface area contributed by atoms with Crippen molar-refractivity contribution in [2.24, 2.45) is 0 Å². The van der Waals surface area contributed by atoms with Crippen LogP contribution in [-0.4, -0.2) is 19.3 Å². The van der Waals surface area contributed by atoms with Gasteiger partial charge in [0, 0.05) is 6.07 Å². The van der Waals surface area contributed by atoms with Gasteiger partial charge in [0.25, 0.3) is 0 Å². The molecular formula is C10H11FO2. The number of epoxide rings is 1. The Bertz CT molecular complexity index is 288. The zero-order valence-electron chi connectivity index (χ0n) is 7.42. The molecule has 70 valence electrons. The van der Waals surface area contributed by atoms with Gasteiger partial charge in [-0.3, -0.25) is 0 Å². The number of hydrogen-bond donors (Lipinski definition) is 0. The Balaban J connectivity index is 2.01. The lowest BCUT2D eigenvalue weighted by Gasteiger charge is -2.04. The summed E-state index contributed by atoms with van der Waals surface area (Å²) in [5.41, 5.74) is 0.867. The lowest BCUT2D eigenvalue weighted by atomic mass is 10.2. The third-order valence-electron chi connectivity index (χ3n) is 1.85. The summed E-state index contributed by atoms with van der Waals surface area (Å²) in [7, 11) is 0. The van der Waals surface area contributed by atoms with E-state index in [-0.39, 0.29) is 11.9 Å².